The van der Waals surface area contributed by atoms with Crippen LogP contribution in [0.3, 0.4) is 0 Å². The molecule has 2 aromatic rings. The third-order valence-electron chi connectivity index (χ3n) is 4.36. The Morgan fingerprint density at radius 3 is 2.19 bits per heavy atom. The van der Waals surface area contributed by atoms with Crippen molar-refractivity contribution in [1.29, 1.82) is 0 Å². The standard InChI is InChI=1S/C21H26ClN3O6/c1-5-29-18(27)21(24-15(4)26,19(28)30-6-2)12-17-14(3)23-20(22)25(17)31-13-16-10-8-7-9-11-16/h7-11H,5-6,12-13H2,1-4H3,(H,24,26). The minimum Gasteiger partial charge on any atom is -0.464 e. The molecule has 0 atom stereocenters. The number of amides is 1. The van der Waals surface area contributed by atoms with Gasteiger partial charge in [0.15, 0.2) is 0 Å². The number of imidazole rings is 1. The van der Waals surface area contributed by atoms with Crippen molar-refractivity contribution in [3.8, 4) is 0 Å². The fraction of sp³-hybridized carbons (Fsp3) is 0.429. The Morgan fingerprint density at radius 1 is 1.10 bits per heavy atom. The van der Waals surface area contributed by atoms with Crippen LogP contribution in [0.5, 0.6) is 0 Å². The van der Waals surface area contributed by atoms with Crippen molar-refractivity contribution in [2.24, 2.45) is 0 Å². The molecule has 0 saturated heterocycles. The van der Waals surface area contributed by atoms with E-state index in [-0.39, 0.29) is 31.5 Å². The van der Waals surface area contributed by atoms with Crippen molar-refractivity contribution in [2.45, 2.75) is 46.3 Å². The van der Waals surface area contributed by atoms with Gasteiger partial charge in [-0.3, -0.25) is 4.79 Å². The van der Waals surface area contributed by atoms with Crippen molar-refractivity contribution in [3.05, 3.63) is 52.6 Å². The van der Waals surface area contributed by atoms with E-state index < -0.39 is 23.4 Å². The van der Waals surface area contributed by atoms with Gasteiger partial charge >= 0.3 is 11.9 Å². The van der Waals surface area contributed by atoms with Crippen LogP contribution in [-0.4, -0.2) is 46.3 Å². The van der Waals surface area contributed by atoms with Crippen LogP contribution in [-0.2, 0) is 36.9 Å². The summed E-state index contributed by atoms with van der Waals surface area (Å²) in [5.41, 5.74) is -0.517. The number of halogens is 1. The lowest BCUT2D eigenvalue weighted by Crippen LogP contribution is -2.62. The highest BCUT2D eigenvalue weighted by Crippen LogP contribution is 2.24. The lowest BCUT2D eigenvalue weighted by Gasteiger charge is -2.30. The molecule has 0 saturated carbocycles. The topological polar surface area (TPSA) is 109 Å². The summed E-state index contributed by atoms with van der Waals surface area (Å²) in [6, 6.07) is 9.35. The molecule has 0 radical (unpaired) electrons. The molecule has 9 nitrogen and oxygen atoms in total. The van der Waals surface area contributed by atoms with Crippen LogP contribution in [0.4, 0.5) is 0 Å². The van der Waals surface area contributed by atoms with Gasteiger partial charge in [-0.15, -0.1) is 0 Å². The molecule has 168 valence electrons. The molecular weight excluding hydrogens is 426 g/mol. The van der Waals surface area contributed by atoms with Crippen LogP contribution in [0.15, 0.2) is 30.3 Å². The van der Waals surface area contributed by atoms with E-state index in [1.54, 1.807) is 20.8 Å². The van der Waals surface area contributed by atoms with Crippen LogP contribution in [0.1, 0.15) is 37.7 Å². The molecule has 0 aliphatic carbocycles. The van der Waals surface area contributed by atoms with Crippen molar-refractivity contribution in [3.63, 3.8) is 0 Å². The number of aryl methyl sites for hydroxylation is 1. The number of aromatic nitrogens is 2. The number of hydrogen-bond acceptors (Lipinski definition) is 7. The minimum atomic E-state index is -2.13. The maximum absolute atomic E-state index is 12.9. The fourth-order valence-corrected chi connectivity index (χ4v) is 3.26. The molecule has 0 aliphatic rings. The van der Waals surface area contributed by atoms with E-state index in [9.17, 15) is 14.4 Å². The van der Waals surface area contributed by atoms with E-state index in [1.165, 1.54) is 11.7 Å². The zero-order valence-electron chi connectivity index (χ0n) is 17.9. The summed E-state index contributed by atoms with van der Waals surface area (Å²) in [7, 11) is 0. The molecule has 1 N–H and O–H groups in total. The number of esters is 2. The van der Waals surface area contributed by atoms with Gasteiger partial charge in [0.05, 0.1) is 24.6 Å². The summed E-state index contributed by atoms with van der Waals surface area (Å²) in [5, 5.41) is 2.43. The summed E-state index contributed by atoms with van der Waals surface area (Å²) in [5.74, 6) is -2.51. The predicted octanol–water partition coefficient (Wildman–Crippen LogP) is 2.02. The molecular formula is C21H26ClN3O6. The van der Waals surface area contributed by atoms with Gasteiger partial charge < -0.3 is 19.6 Å². The summed E-state index contributed by atoms with van der Waals surface area (Å²) >= 11 is 6.24. The van der Waals surface area contributed by atoms with E-state index in [0.29, 0.717) is 11.4 Å². The maximum Gasteiger partial charge on any atom is 0.344 e. The highest BCUT2D eigenvalue weighted by Gasteiger charge is 2.51. The molecule has 0 spiro atoms. The van der Waals surface area contributed by atoms with Crippen molar-refractivity contribution in [2.75, 3.05) is 13.2 Å². The zero-order valence-corrected chi connectivity index (χ0v) is 18.7. The molecule has 10 heteroatoms. The fourth-order valence-electron chi connectivity index (χ4n) is 2.99. The summed E-state index contributed by atoms with van der Waals surface area (Å²) in [6.07, 6.45) is -0.329. The van der Waals surface area contributed by atoms with Crippen LogP contribution < -0.4 is 10.2 Å². The van der Waals surface area contributed by atoms with Gasteiger partial charge in [-0.1, -0.05) is 30.3 Å². The second kappa shape index (κ2) is 10.8. The van der Waals surface area contributed by atoms with E-state index in [4.69, 9.17) is 25.9 Å². The second-order valence-corrected chi connectivity index (χ2v) is 7.01. The van der Waals surface area contributed by atoms with E-state index in [2.05, 4.69) is 10.3 Å². The Kier molecular flexibility index (Phi) is 8.44. The molecule has 1 amide bonds. The van der Waals surface area contributed by atoms with Crippen LogP contribution >= 0.6 is 11.6 Å². The highest BCUT2D eigenvalue weighted by atomic mass is 35.5. The second-order valence-electron chi connectivity index (χ2n) is 6.67. The number of nitrogens with one attached hydrogen (secondary N) is 1. The van der Waals surface area contributed by atoms with Crippen LogP contribution in [0.25, 0.3) is 0 Å². The smallest absolute Gasteiger partial charge is 0.344 e. The van der Waals surface area contributed by atoms with Crippen molar-refractivity contribution < 1.29 is 28.7 Å². The van der Waals surface area contributed by atoms with Gasteiger partial charge in [0.2, 0.25) is 16.7 Å². The SMILES string of the molecule is CCOC(=O)C(Cc1c(C)nc(Cl)n1OCc1ccccc1)(NC(C)=O)C(=O)OCC. The lowest BCUT2D eigenvalue weighted by molar-refractivity contribution is -0.168. The molecule has 2 rings (SSSR count). The monoisotopic (exact) mass is 451 g/mol. The number of carbonyl (C=O) groups excluding carboxylic acids is 3. The highest BCUT2D eigenvalue weighted by molar-refractivity contribution is 6.28. The van der Waals surface area contributed by atoms with Crippen molar-refractivity contribution in [1.82, 2.24) is 15.0 Å². The Bertz CT molecular complexity index is 911. The molecule has 0 aliphatic heterocycles. The third kappa shape index (κ3) is 5.75. The molecule has 0 fully saturated rings. The maximum atomic E-state index is 12.9. The summed E-state index contributed by atoms with van der Waals surface area (Å²) in [4.78, 5) is 47.7. The first-order valence-electron chi connectivity index (χ1n) is 9.79. The molecule has 1 aromatic heterocycles. The average molecular weight is 452 g/mol. The Hall–Kier alpha value is -3.07. The van der Waals surface area contributed by atoms with Crippen LogP contribution in [0.2, 0.25) is 5.28 Å². The molecule has 1 aromatic carbocycles. The van der Waals surface area contributed by atoms with Crippen LogP contribution in [0, 0.1) is 6.92 Å². The first-order valence-corrected chi connectivity index (χ1v) is 10.2. The number of rotatable bonds is 10. The van der Waals surface area contributed by atoms with Gasteiger partial charge in [-0.25, -0.2) is 14.6 Å². The Morgan fingerprint density at radius 2 is 1.68 bits per heavy atom. The van der Waals surface area contributed by atoms with Gasteiger partial charge in [0, 0.05) is 13.3 Å². The normalized spacial score (nSPS) is 11.0. The van der Waals surface area contributed by atoms with Gasteiger partial charge in [0.25, 0.3) is 0 Å². The Balaban J connectivity index is 2.48. The summed E-state index contributed by atoms with van der Waals surface area (Å²) in [6.45, 7) is 6.20. The molecule has 1 heterocycles. The first kappa shape index (κ1) is 24.2. The molecule has 31 heavy (non-hydrogen) atoms. The predicted molar refractivity (Wildman–Crippen MR) is 112 cm³/mol. The third-order valence-corrected chi connectivity index (χ3v) is 4.60. The van der Waals surface area contributed by atoms with Gasteiger partial charge in [0.1, 0.15) is 6.61 Å². The zero-order chi connectivity index (χ0) is 23.0. The Labute approximate surface area is 185 Å². The summed E-state index contributed by atoms with van der Waals surface area (Å²) < 4.78 is 11.4. The number of benzene rings is 1. The number of nitrogens with zero attached hydrogens (tertiary/aromatic N) is 2. The lowest BCUT2D eigenvalue weighted by atomic mass is 9.92. The molecule has 0 unspecified atom stereocenters. The first-order chi connectivity index (χ1) is 14.7. The van der Waals surface area contributed by atoms with E-state index in [1.807, 2.05) is 30.3 Å². The molecule has 0 bridgehead atoms. The number of carbonyl (C=O) groups is 3. The number of hydrogen-bond donors (Lipinski definition) is 1. The average Bonchev–Trinajstić information content (AvgIpc) is 2.98. The quantitative estimate of drug-likeness (QED) is 0.434. The van der Waals surface area contributed by atoms with E-state index in [0.717, 1.165) is 5.56 Å². The largest absolute Gasteiger partial charge is 0.464 e. The number of ether oxygens (including phenoxy) is 2. The van der Waals surface area contributed by atoms with Gasteiger partial charge in [-0.2, -0.15) is 4.73 Å². The minimum absolute atomic E-state index is 0.00306. The van der Waals surface area contributed by atoms with Gasteiger partial charge in [-0.05, 0) is 37.9 Å². The van der Waals surface area contributed by atoms with Crippen molar-refractivity contribution >= 4 is 29.4 Å². The van der Waals surface area contributed by atoms with E-state index >= 15 is 0 Å².